The molecule has 0 aliphatic heterocycles. The fourth-order valence-electron chi connectivity index (χ4n) is 1.45. The van der Waals surface area contributed by atoms with E-state index in [0.29, 0.717) is 32.4 Å². The molecule has 0 amide bonds. The van der Waals surface area contributed by atoms with Crippen LogP contribution in [0.15, 0.2) is 27.3 Å². The Bertz CT molecular complexity index is 668. The van der Waals surface area contributed by atoms with Gasteiger partial charge >= 0.3 is 0 Å². The Balaban J connectivity index is 2.19. The maximum absolute atomic E-state index is 5.87. The first kappa shape index (κ1) is 11.1. The second-order valence-corrected chi connectivity index (χ2v) is 4.87. The van der Waals surface area contributed by atoms with Crippen LogP contribution < -0.4 is 0 Å². The summed E-state index contributed by atoms with van der Waals surface area (Å²) < 4.78 is 6.02. The third-order valence-corrected chi connectivity index (χ3v) is 3.29. The molecule has 1 N–H and O–H groups in total. The van der Waals surface area contributed by atoms with Crippen molar-refractivity contribution in [2.45, 2.75) is 0 Å². The molecule has 0 saturated heterocycles. The van der Waals surface area contributed by atoms with Crippen LogP contribution in [0.2, 0.25) is 10.2 Å². The Morgan fingerprint density at radius 3 is 2.76 bits per heavy atom. The van der Waals surface area contributed by atoms with Crippen molar-refractivity contribution in [2.75, 3.05) is 0 Å². The Morgan fingerprint density at radius 2 is 2.06 bits per heavy atom. The molecule has 0 aliphatic carbocycles. The summed E-state index contributed by atoms with van der Waals surface area (Å²) in [5.74, 6) is 1.19. The van der Waals surface area contributed by atoms with Gasteiger partial charge in [0, 0.05) is 0 Å². The average molecular weight is 333 g/mol. The summed E-state index contributed by atoms with van der Waals surface area (Å²) in [6.07, 6.45) is 0. The van der Waals surface area contributed by atoms with Gasteiger partial charge in [-0.05, 0) is 34.1 Å². The van der Waals surface area contributed by atoms with E-state index in [1.807, 2.05) is 0 Å². The molecule has 17 heavy (non-hydrogen) atoms. The molecule has 4 nitrogen and oxygen atoms in total. The van der Waals surface area contributed by atoms with Gasteiger partial charge in [-0.25, -0.2) is 9.97 Å². The molecular formula is C10H4BrCl2N3O. The van der Waals surface area contributed by atoms with Crippen molar-refractivity contribution in [3.63, 3.8) is 0 Å². The minimum Gasteiger partial charge on any atom is -0.446 e. The number of halogens is 3. The van der Waals surface area contributed by atoms with Gasteiger partial charge in [0.15, 0.2) is 21.9 Å². The van der Waals surface area contributed by atoms with Gasteiger partial charge in [-0.1, -0.05) is 23.2 Å². The number of nitrogens with zero attached hydrogens (tertiary/aromatic N) is 2. The van der Waals surface area contributed by atoms with Gasteiger partial charge in [-0.3, -0.25) is 0 Å². The normalized spacial score (nSPS) is 11.2. The SMILES string of the molecule is Clc1cc2[nH]c(-c3ccc(Br)o3)nc2nc1Cl. The standard InChI is InChI=1S/C10H4BrCl2N3O/c11-7-2-1-6(17-7)10-14-5-3-4(12)8(13)15-9(5)16-10/h1-3H,(H,14,15,16). The quantitative estimate of drug-likeness (QED) is 0.676. The van der Waals surface area contributed by atoms with Gasteiger partial charge in [0.25, 0.3) is 0 Å². The molecule has 3 rings (SSSR count). The van der Waals surface area contributed by atoms with E-state index in [4.69, 9.17) is 27.6 Å². The molecule has 0 radical (unpaired) electrons. The smallest absolute Gasteiger partial charge is 0.179 e. The summed E-state index contributed by atoms with van der Waals surface area (Å²) in [6.45, 7) is 0. The Hall–Kier alpha value is -1.04. The van der Waals surface area contributed by atoms with Crippen LogP contribution in [0.3, 0.4) is 0 Å². The van der Waals surface area contributed by atoms with Crippen molar-refractivity contribution in [3.8, 4) is 11.6 Å². The van der Waals surface area contributed by atoms with E-state index in [0.717, 1.165) is 0 Å². The fourth-order valence-corrected chi connectivity index (χ4v) is 2.05. The van der Waals surface area contributed by atoms with Gasteiger partial charge < -0.3 is 9.40 Å². The summed E-state index contributed by atoms with van der Waals surface area (Å²) in [4.78, 5) is 11.4. The molecule has 0 atom stereocenters. The number of hydrogen-bond donors (Lipinski definition) is 1. The molecule has 7 heteroatoms. The Morgan fingerprint density at radius 1 is 1.24 bits per heavy atom. The van der Waals surface area contributed by atoms with E-state index >= 15 is 0 Å². The van der Waals surface area contributed by atoms with Crippen LogP contribution in [0, 0.1) is 0 Å². The first-order chi connectivity index (χ1) is 8.13. The zero-order chi connectivity index (χ0) is 12.0. The zero-order valence-corrected chi connectivity index (χ0v) is 11.3. The highest BCUT2D eigenvalue weighted by Crippen LogP contribution is 2.27. The molecule has 3 aromatic heterocycles. The van der Waals surface area contributed by atoms with Gasteiger partial charge in [-0.2, -0.15) is 0 Å². The van der Waals surface area contributed by atoms with Crippen molar-refractivity contribution in [3.05, 3.63) is 33.0 Å². The first-order valence-electron chi connectivity index (χ1n) is 4.61. The highest BCUT2D eigenvalue weighted by molar-refractivity contribution is 9.10. The fraction of sp³-hybridized carbons (Fsp3) is 0. The van der Waals surface area contributed by atoms with Crippen LogP contribution in [0.1, 0.15) is 0 Å². The number of nitrogens with one attached hydrogen (secondary N) is 1. The number of furan rings is 1. The number of aromatic nitrogens is 3. The van der Waals surface area contributed by atoms with Crippen molar-refractivity contribution in [1.82, 2.24) is 15.0 Å². The molecule has 86 valence electrons. The lowest BCUT2D eigenvalue weighted by Gasteiger charge is -1.92. The predicted octanol–water partition coefficient (Wildman–Crippen LogP) is 4.29. The number of rotatable bonds is 1. The lowest BCUT2D eigenvalue weighted by Crippen LogP contribution is -1.79. The van der Waals surface area contributed by atoms with E-state index in [1.54, 1.807) is 18.2 Å². The van der Waals surface area contributed by atoms with Crippen LogP contribution in [-0.2, 0) is 0 Å². The minimum absolute atomic E-state index is 0.234. The number of imidazole rings is 1. The van der Waals surface area contributed by atoms with Crippen molar-refractivity contribution < 1.29 is 4.42 Å². The molecule has 0 unspecified atom stereocenters. The Kier molecular flexibility index (Phi) is 2.61. The van der Waals surface area contributed by atoms with Crippen LogP contribution in [0.4, 0.5) is 0 Å². The lowest BCUT2D eigenvalue weighted by molar-refractivity contribution is 0.552. The molecule has 3 aromatic rings. The summed E-state index contributed by atoms with van der Waals surface area (Å²) in [5, 5.41) is 0.618. The van der Waals surface area contributed by atoms with E-state index in [1.165, 1.54) is 0 Å². The maximum atomic E-state index is 5.87. The monoisotopic (exact) mass is 331 g/mol. The highest BCUT2D eigenvalue weighted by Gasteiger charge is 2.11. The molecule has 0 aromatic carbocycles. The molecule has 0 spiro atoms. The van der Waals surface area contributed by atoms with Crippen molar-refractivity contribution in [2.24, 2.45) is 0 Å². The molecule has 0 saturated carbocycles. The molecule has 3 heterocycles. The largest absolute Gasteiger partial charge is 0.446 e. The third-order valence-electron chi connectivity index (χ3n) is 2.19. The molecule has 0 bridgehead atoms. The lowest BCUT2D eigenvalue weighted by atomic mass is 10.4. The number of pyridine rings is 1. The van der Waals surface area contributed by atoms with E-state index in [2.05, 4.69) is 30.9 Å². The maximum Gasteiger partial charge on any atom is 0.179 e. The number of H-pyrrole nitrogens is 1. The van der Waals surface area contributed by atoms with E-state index in [9.17, 15) is 0 Å². The van der Waals surface area contributed by atoms with Crippen LogP contribution in [0.5, 0.6) is 0 Å². The second kappa shape index (κ2) is 4.01. The summed E-state index contributed by atoms with van der Waals surface area (Å²) in [7, 11) is 0. The topological polar surface area (TPSA) is 54.7 Å². The van der Waals surface area contributed by atoms with E-state index < -0.39 is 0 Å². The number of fused-ring (bicyclic) bond motifs is 1. The van der Waals surface area contributed by atoms with Crippen LogP contribution >= 0.6 is 39.1 Å². The van der Waals surface area contributed by atoms with Crippen molar-refractivity contribution in [1.29, 1.82) is 0 Å². The number of hydrogen-bond acceptors (Lipinski definition) is 3. The summed E-state index contributed by atoms with van der Waals surface area (Å²) in [6, 6.07) is 5.27. The Labute approximate surface area is 114 Å². The number of aromatic amines is 1. The molecule has 0 aliphatic rings. The minimum atomic E-state index is 0.234. The second-order valence-electron chi connectivity index (χ2n) is 3.32. The van der Waals surface area contributed by atoms with Crippen LogP contribution in [-0.4, -0.2) is 15.0 Å². The average Bonchev–Trinajstić information content (AvgIpc) is 2.85. The van der Waals surface area contributed by atoms with Crippen LogP contribution in [0.25, 0.3) is 22.7 Å². The molecule has 0 fully saturated rings. The van der Waals surface area contributed by atoms with Gasteiger partial charge in [0.2, 0.25) is 0 Å². The van der Waals surface area contributed by atoms with Gasteiger partial charge in [0.05, 0.1) is 10.5 Å². The van der Waals surface area contributed by atoms with Crippen molar-refractivity contribution >= 4 is 50.3 Å². The van der Waals surface area contributed by atoms with E-state index in [-0.39, 0.29) is 5.15 Å². The zero-order valence-electron chi connectivity index (χ0n) is 8.17. The van der Waals surface area contributed by atoms with Gasteiger partial charge in [0.1, 0.15) is 5.15 Å². The molecular weight excluding hydrogens is 329 g/mol. The predicted molar refractivity (Wildman–Crippen MR) is 69.3 cm³/mol. The van der Waals surface area contributed by atoms with Gasteiger partial charge in [-0.15, -0.1) is 0 Å². The highest BCUT2D eigenvalue weighted by atomic mass is 79.9. The third kappa shape index (κ3) is 1.94. The summed E-state index contributed by atoms with van der Waals surface area (Å²) >= 11 is 14.9. The first-order valence-corrected chi connectivity index (χ1v) is 6.16. The summed E-state index contributed by atoms with van der Waals surface area (Å²) in [5.41, 5.74) is 1.21.